The second-order valence-corrected chi connectivity index (χ2v) is 4.79. The van der Waals surface area contributed by atoms with Crippen LogP contribution in [0.2, 0.25) is 0 Å². The molecule has 7 nitrogen and oxygen atoms in total. The minimum Gasteiger partial charge on any atom is -0.467 e. The molecule has 0 bridgehead atoms. The van der Waals surface area contributed by atoms with Crippen molar-refractivity contribution >= 4 is 11.8 Å². The maximum atomic E-state index is 12.1. The molecular weight excluding hydrogens is 298 g/mol. The van der Waals surface area contributed by atoms with Crippen LogP contribution in [0, 0.1) is 0 Å². The zero-order valence-electron chi connectivity index (χ0n) is 12.9. The number of rotatable bonds is 8. The van der Waals surface area contributed by atoms with Gasteiger partial charge in [-0.15, -0.1) is 0 Å². The fourth-order valence-electron chi connectivity index (χ4n) is 1.89. The lowest BCUT2D eigenvalue weighted by Crippen LogP contribution is -2.27. The average molecular weight is 317 g/mol. The first kappa shape index (κ1) is 16.7. The van der Waals surface area contributed by atoms with Gasteiger partial charge in [0.1, 0.15) is 11.5 Å². The normalized spacial score (nSPS) is 10.3. The third-order valence-corrected chi connectivity index (χ3v) is 3.07. The summed E-state index contributed by atoms with van der Waals surface area (Å²) in [6.45, 7) is 1.35. The number of ether oxygens (including phenoxy) is 1. The number of furan rings is 1. The molecule has 2 aromatic heterocycles. The molecule has 2 heterocycles. The Morgan fingerprint density at radius 3 is 2.87 bits per heavy atom. The van der Waals surface area contributed by atoms with Gasteiger partial charge in [-0.3, -0.25) is 14.6 Å². The van der Waals surface area contributed by atoms with Gasteiger partial charge in [0.05, 0.1) is 12.8 Å². The van der Waals surface area contributed by atoms with Crippen molar-refractivity contribution in [3.05, 3.63) is 53.7 Å². The summed E-state index contributed by atoms with van der Waals surface area (Å²) in [5.41, 5.74) is 0.571. The van der Waals surface area contributed by atoms with Crippen LogP contribution in [-0.2, 0) is 11.3 Å². The van der Waals surface area contributed by atoms with Gasteiger partial charge in [0, 0.05) is 32.0 Å². The fourth-order valence-corrected chi connectivity index (χ4v) is 1.89. The number of aromatic nitrogens is 1. The van der Waals surface area contributed by atoms with E-state index in [1.807, 2.05) is 0 Å². The van der Waals surface area contributed by atoms with E-state index < -0.39 is 0 Å². The lowest BCUT2D eigenvalue weighted by atomic mass is 10.2. The molecule has 122 valence electrons. The Hall–Kier alpha value is -2.67. The van der Waals surface area contributed by atoms with Crippen LogP contribution in [0.4, 0.5) is 0 Å². The third kappa shape index (κ3) is 5.23. The molecule has 0 saturated carbocycles. The third-order valence-electron chi connectivity index (χ3n) is 3.07. The van der Waals surface area contributed by atoms with Gasteiger partial charge in [0.2, 0.25) is 0 Å². The summed E-state index contributed by atoms with van der Waals surface area (Å²) in [6.07, 6.45) is 3.69. The van der Waals surface area contributed by atoms with Crippen LogP contribution in [0.25, 0.3) is 0 Å². The van der Waals surface area contributed by atoms with E-state index in [9.17, 15) is 9.59 Å². The summed E-state index contributed by atoms with van der Waals surface area (Å²) in [5.74, 6) is 0.0440. The maximum absolute atomic E-state index is 12.1. The molecule has 2 rings (SSSR count). The number of nitrogens with zero attached hydrogens (tertiary/aromatic N) is 1. The van der Waals surface area contributed by atoms with Crippen LogP contribution in [0.15, 0.2) is 41.1 Å². The molecule has 7 heteroatoms. The minimum atomic E-state index is -0.318. The summed E-state index contributed by atoms with van der Waals surface area (Å²) in [5, 5.41) is 5.44. The van der Waals surface area contributed by atoms with Gasteiger partial charge < -0.3 is 19.8 Å². The summed E-state index contributed by atoms with van der Waals surface area (Å²) in [7, 11) is 1.61. The van der Waals surface area contributed by atoms with Gasteiger partial charge >= 0.3 is 0 Å². The molecule has 0 aromatic carbocycles. The number of carbonyl (C=O) groups is 2. The van der Waals surface area contributed by atoms with E-state index in [0.717, 1.165) is 0 Å². The van der Waals surface area contributed by atoms with Crippen molar-refractivity contribution in [2.75, 3.05) is 20.3 Å². The molecule has 2 N–H and O–H groups in total. The van der Waals surface area contributed by atoms with E-state index in [0.29, 0.717) is 30.9 Å². The predicted molar refractivity (Wildman–Crippen MR) is 82.9 cm³/mol. The fraction of sp³-hybridized carbons (Fsp3) is 0.312. The van der Waals surface area contributed by atoms with Gasteiger partial charge in [-0.1, -0.05) is 0 Å². The summed E-state index contributed by atoms with van der Waals surface area (Å²) in [6, 6.07) is 6.54. The zero-order valence-corrected chi connectivity index (χ0v) is 12.9. The number of hydrogen-bond acceptors (Lipinski definition) is 5. The number of pyridine rings is 1. The molecule has 0 unspecified atom stereocenters. The van der Waals surface area contributed by atoms with Gasteiger partial charge in [-0.2, -0.15) is 0 Å². The number of carbonyl (C=O) groups excluding carboxylic acids is 2. The summed E-state index contributed by atoms with van der Waals surface area (Å²) in [4.78, 5) is 28.0. The smallest absolute Gasteiger partial charge is 0.269 e. The molecular formula is C16H19N3O4. The molecule has 0 radical (unpaired) electrons. The van der Waals surface area contributed by atoms with Crippen molar-refractivity contribution in [2.24, 2.45) is 0 Å². The second kappa shape index (κ2) is 8.70. The first-order chi connectivity index (χ1) is 11.2. The highest BCUT2D eigenvalue weighted by atomic mass is 16.5. The monoisotopic (exact) mass is 317 g/mol. The van der Waals surface area contributed by atoms with Crippen molar-refractivity contribution in [3.8, 4) is 0 Å². The van der Waals surface area contributed by atoms with Crippen molar-refractivity contribution in [2.45, 2.75) is 13.0 Å². The standard InChI is InChI=1S/C16H19N3O4/c1-22-8-3-6-18-16(21)14-10-12(5-7-17-14)15(20)19-11-13-4-2-9-23-13/h2,4-5,7,9-10H,3,6,8,11H2,1H3,(H,18,21)(H,19,20). The van der Waals surface area contributed by atoms with E-state index in [1.54, 1.807) is 31.6 Å². The molecule has 2 amide bonds. The quantitative estimate of drug-likeness (QED) is 0.717. The van der Waals surface area contributed by atoms with Crippen molar-refractivity contribution < 1.29 is 18.7 Å². The largest absolute Gasteiger partial charge is 0.467 e. The van der Waals surface area contributed by atoms with E-state index in [2.05, 4.69) is 15.6 Å². The highest BCUT2D eigenvalue weighted by Gasteiger charge is 2.11. The first-order valence-corrected chi connectivity index (χ1v) is 7.24. The molecule has 0 aliphatic rings. The van der Waals surface area contributed by atoms with Crippen LogP contribution in [-0.4, -0.2) is 37.1 Å². The Morgan fingerprint density at radius 1 is 1.26 bits per heavy atom. The van der Waals surface area contributed by atoms with Gasteiger partial charge in [-0.05, 0) is 30.7 Å². The van der Waals surface area contributed by atoms with E-state index in [4.69, 9.17) is 9.15 Å². The molecule has 0 aliphatic heterocycles. The van der Waals surface area contributed by atoms with Crippen molar-refractivity contribution in [3.63, 3.8) is 0 Å². The van der Waals surface area contributed by atoms with Crippen LogP contribution in [0.3, 0.4) is 0 Å². The van der Waals surface area contributed by atoms with Crippen molar-refractivity contribution in [1.82, 2.24) is 15.6 Å². The maximum Gasteiger partial charge on any atom is 0.269 e. The molecule has 0 atom stereocenters. The number of methoxy groups -OCH3 is 1. The van der Waals surface area contributed by atoms with E-state index in [1.165, 1.54) is 12.3 Å². The SMILES string of the molecule is COCCCNC(=O)c1cc(C(=O)NCc2ccco2)ccn1. The van der Waals surface area contributed by atoms with Crippen LogP contribution in [0.1, 0.15) is 33.0 Å². The number of nitrogens with one attached hydrogen (secondary N) is 2. The molecule has 23 heavy (non-hydrogen) atoms. The Bertz CT molecular complexity index is 641. The van der Waals surface area contributed by atoms with Gasteiger partial charge in [0.15, 0.2) is 0 Å². The molecule has 0 aliphatic carbocycles. The summed E-state index contributed by atoms with van der Waals surface area (Å²) >= 11 is 0. The highest BCUT2D eigenvalue weighted by molar-refractivity contribution is 5.98. The second-order valence-electron chi connectivity index (χ2n) is 4.79. The summed E-state index contributed by atoms with van der Waals surface area (Å²) < 4.78 is 10.1. The highest BCUT2D eigenvalue weighted by Crippen LogP contribution is 2.04. The average Bonchev–Trinajstić information content (AvgIpc) is 3.10. The first-order valence-electron chi connectivity index (χ1n) is 7.24. The van der Waals surface area contributed by atoms with Crippen molar-refractivity contribution in [1.29, 1.82) is 0 Å². The lowest BCUT2D eigenvalue weighted by Gasteiger charge is -2.06. The van der Waals surface area contributed by atoms with Crippen LogP contribution >= 0.6 is 0 Å². The van der Waals surface area contributed by atoms with Gasteiger partial charge in [-0.25, -0.2) is 0 Å². The Morgan fingerprint density at radius 2 is 2.13 bits per heavy atom. The molecule has 0 saturated heterocycles. The Kier molecular flexibility index (Phi) is 6.31. The lowest BCUT2D eigenvalue weighted by molar-refractivity contribution is 0.0943. The number of amides is 2. The molecule has 0 spiro atoms. The minimum absolute atomic E-state index is 0.202. The predicted octanol–water partition coefficient (Wildman–Crippen LogP) is 1.37. The van der Waals surface area contributed by atoms with Crippen LogP contribution < -0.4 is 10.6 Å². The van der Waals surface area contributed by atoms with Gasteiger partial charge in [0.25, 0.3) is 11.8 Å². The van der Waals surface area contributed by atoms with Crippen LogP contribution in [0.5, 0.6) is 0 Å². The van der Waals surface area contributed by atoms with E-state index >= 15 is 0 Å². The molecule has 2 aromatic rings. The molecule has 0 fully saturated rings. The number of hydrogen-bond donors (Lipinski definition) is 2. The zero-order chi connectivity index (χ0) is 16.5. The Balaban J connectivity index is 1.90. The van der Waals surface area contributed by atoms with E-state index in [-0.39, 0.29) is 24.1 Å². The Labute approximate surface area is 134 Å². The topological polar surface area (TPSA) is 93.5 Å².